The lowest BCUT2D eigenvalue weighted by atomic mass is 10.1. The molecule has 28 heavy (non-hydrogen) atoms. The third-order valence-electron chi connectivity index (χ3n) is 4.66. The van der Waals surface area contributed by atoms with Crippen LogP contribution in [-0.4, -0.2) is 57.7 Å². The summed E-state index contributed by atoms with van der Waals surface area (Å²) in [5.41, 5.74) is 0. The van der Waals surface area contributed by atoms with Crippen LogP contribution < -0.4 is 10.6 Å². The minimum absolute atomic E-state index is 0.0334. The van der Waals surface area contributed by atoms with Gasteiger partial charge in [0.15, 0.2) is 0 Å². The number of imide groups is 1. The Labute approximate surface area is 172 Å². The molecule has 0 aromatic carbocycles. The van der Waals surface area contributed by atoms with Gasteiger partial charge in [-0.05, 0) is 40.0 Å². The fourth-order valence-corrected chi connectivity index (χ4v) is 4.13. The summed E-state index contributed by atoms with van der Waals surface area (Å²) < 4.78 is 0. The van der Waals surface area contributed by atoms with Crippen molar-refractivity contribution < 1.29 is 19.2 Å². The lowest BCUT2D eigenvalue weighted by Crippen LogP contribution is -2.46. The number of hydrogen-bond donors (Lipinski definition) is 2. The molecule has 0 aromatic heterocycles. The van der Waals surface area contributed by atoms with Crippen LogP contribution in [0, 0.1) is 0 Å². The predicted molar refractivity (Wildman–Crippen MR) is 112 cm³/mol. The number of thioether (sulfide) groups is 1. The predicted octanol–water partition coefficient (Wildman–Crippen LogP) is 2.24. The van der Waals surface area contributed by atoms with Crippen molar-refractivity contribution in [3.05, 3.63) is 0 Å². The molecule has 0 radical (unpaired) electrons. The van der Waals surface area contributed by atoms with Crippen molar-refractivity contribution in [2.75, 3.05) is 6.54 Å². The zero-order valence-corrected chi connectivity index (χ0v) is 18.6. The molecule has 3 atom stereocenters. The highest BCUT2D eigenvalue weighted by Crippen LogP contribution is 2.29. The molecule has 1 rings (SSSR count). The molecule has 1 aliphatic rings. The number of amides is 4. The zero-order chi connectivity index (χ0) is 21.3. The Morgan fingerprint density at radius 1 is 1.11 bits per heavy atom. The van der Waals surface area contributed by atoms with Crippen LogP contribution in [0.15, 0.2) is 0 Å². The van der Waals surface area contributed by atoms with E-state index in [9.17, 15) is 19.2 Å². The second-order valence-electron chi connectivity index (χ2n) is 7.69. The second kappa shape index (κ2) is 12.1. The first-order valence-corrected chi connectivity index (χ1v) is 11.2. The first kappa shape index (κ1) is 24.5. The molecule has 160 valence electrons. The second-order valence-corrected chi connectivity index (χ2v) is 9.34. The number of nitrogens with zero attached hydrogens (tertiary/aromatic N) is 1. The summed E-state index contributed by atoms with van der Waals surface area (Å²) in [4.78, 5) is 49.6. The molecule has 1 aliphatic heterocycles. The Kier molecular flexibility index (Phi) is 10.6. The minimum Gasteiger partial charge on any atom is -0.352 e. The van der Waals surface area contributed by atoms with Gasteiger partial charge >= 0.3 is 0 Å². The summed E-state index contributed by atoms with van der Waals surface area (Å²) in [5, 5.41) is 5.57. The van der Waals surface area contributed by atoms with Crippen molar-refractivity contribution in [2.24, 2.45) is 0 Å². The summed E-state index contributed by atoms with van der Waals surface area (Å²) in [6, 6.07) is -0.527. The lowest BCUT2D eigenvalue weighted by molar-refractivity contribution is -0.138. The molecular weight excluding hydrogens is 378 g/mol. The number of carbonyl (C=O) groups is 4. The third-order valence-corrected chi connectivity index (χ3v) is 6.16. The van der Waals surface area contributed by atoms with E-state index >= 15 is 0 Å². The zero-order valence-electron chi connectivity index (χ0n) is 17.7. The van der Waals surface area contributed by atoms with E-state index in [1.54, 1.807) is 18.7 Å². The maximum absolute atomic E-state index is 12.4. The molecule has 3 unspecified atom stereocenters. The number of nitrogens with one attached hydrogen (secondary N) is 2. The molecule has 0 bridgehead atoms. The van der Waals surface area contributed by atoms with Crippen LogP contribution in [0.25, 0.3) is 0 Å². The highest BCUT2D eigenvalue weighted by Gasteiger charge is 2.38. The Balaban J connectivity index is 2.24. The van der Waals surface area contributed by atoms with Crippen molar-refractivity contribution in [2.45, 2.75) is 95.7 Å². The molecule has 4 amide bonds. The van der Waals surface area contributed by atoms with Gasteiger partial charge in [-0.1, -0.05) is 20.3 Å². The van der Waals surface area contributed by atoms with Gasteiger partial charge in [-0.2, -0.15) is 0 Å². The first-order valence-electron chi connectivity index (χ1n) is 10.2. The van der Waals surface area contributed by atoms with Crippen LogP contribution in [0.4, 0.5) is 0 Å². The van der Waals surface area contributed by atoms with Gasteiger partial charge in [0.1, 0.15) is 6.04 Å². The molecule has 7 nitrogen and oxygen atoms in total. The van der Waals surface area contributed by atoms with Crippen LogP contribution in [0.5, 0.6) is 0 Å². The third kappa shape index (κ3) is 8.20. The van der Waals surface area contributed by atoms with E-state index in [1.165, 1.54) is 4.90 Å². The van der Waals surface area contributed by atoms with E-state index in [0.717, 1.165) is 12.8 Å². The largest absolute Gasteiger partial charge is 0.352 e. The minimum atomic E-state index is -0.560. The summed E-state index contributed by atoms with van der Waals surface area (Å²) in [7, 11) is 0. The average Bonchev–Trinajstić information content (AvgIpc) is 2.87. The molecule has 0 saturated carbocycles. The van der Waals surface area contributed by atoms with Crippen molar-refractivity contribution in [1.82, 2.24) is 15.5 Å². The van der Waals surface area contributed by atoms with Crippen molar-refractivity contribution in [3.63, 3.8) is 0 Å². The summed E-state index contributed by atoms with van der Waals surface area (Å²) in [6.07, 6.45) is 3.70. The van der Waals surface area contributed by atoms with Gasteiger partial charge in [-0.25, -0.2) is 0 Å². The van der Waals surface area contributed by atoms with E-state index in [1.807, 2.05) is 13.8 Å². The van der Waals surface area contributed by atoms with Crippen LogP contribution in [0.3, 0.4) is 0 Å². The Bertz CT molecular complexity index is 568. The fraction of sp³-hybridized carbons (Fsp3) is 0.800. The summed E-state index contributed by atoms with van der Waals surface area (Å²) >= 11 is 1.58. The standard InChI is InChI=1S/C20H35N3O4S/c1-6-14(4)28-16-12-18(25)23(20(16)27)11-9-7-8-10-17(24)22-15(5)19(26)21-13(2)3/h13-16H,6-12H2,1-5H3,(H,21,26)(H,22,24). The smallest absolute Gasteiger partial charge is 0.242 e. The first-order chi connectivity index (χ1) is 13.1. The highest BCUT2D eigenvalue weighted by molar-refractivity contribution is 8.01. The van der Waals surface area contributed by atoms with Crippen LogP contribution >= 0.6 is 11.8 Å². The maximum atomic E-state index is 12.4. The molecule has 1 heterocycles. The van der Waals surface area contributed by atoms with Crippen molar-refractivity contribution >= 4 is 35.4 Å². The topological polar surface area (TPSA) is 95.6 Å². The lowest BCUT2D eigenvalue weighted by Gasteiger charge is -2.17. The molecule has 1 fully saturated rings. The monoisotopic (exact) mass is 413 g/mol. The van der Waals surface area contributed by atoms with Gasteiger partial charge in [0.2, 0.25) is 23.6 Å². The number of carbonyl (C=O) groups excluding carboxylic acids is 4. The number of likely N-dealkylation sites (tertiary alicyclic amines) is 1. The SMILES string of the molecule is CCC(C)SC1CC(=O)N(CCCCCC(=O)NC(C)C(=O)NC(C)C)C1=O. The van der Waals surface area contributed by atoms with E-state index < -0.39 is 6.04 Å². The molecule has 0 spiro atoms. The Morgan fingerprint density at radius 2 is 1.79 bits per heavy atom. The quantitative estimate of drug-likeness (QED) is 0.378. The van der Waals surface area contributed by atoms with Gasteiger partial charge in [-0.15, -0.1) is 11.8 Å². The molecular formula is C20H35N3O4S. The van der Waals surface area contributed by atoms with Crippen molar-refractivity contribution in [3.8, 4) is 0 Å². The normalized spacial score (nSPS) is 19.1. The Morgan fingerprint density at radius 3 is 2.39 bits per heavy atom. The fourth-order valence-electron chi connectivity index (χ4n) is 2.89. The summed E-state index contributed by atoms with van der Waals surface area (Å²) in [6.45, 7) is 9.97. The van der Waals surface area contributed by atoms with Gasteiger partial charge in [0, 0.05) is 30.7 Å². The van der Waals surface area contributed by atoms with Crippen molar-refractivity contribution in [1.29, 1.82) is 0 Å². The number of unbranched alkanes of at least 4 members (excludes halogenated alkanes) is 2. The van der Waals surface area contributed by atoms with E-state index in [-0.39, 0.29) is 34.9 Å². The van der Waals surface area contributed by atoms with E-state index in [4.69, 9.17) is 0 Å². The maximum Gasteiger partial charge on any atom is 0.242 e. The van der Waals surface area contributed by atoms with Crippen LogP contribution in [-0.2, 0) is 19.2 Å². The molecule has 1 saturated heterocycles. The van der Waals surface area contributed by atoms with Gasteiger partial charge in [0.25, 0.3) is 0 Å². The van der Waals surface area contributed by atoms with Gasteiger partial charge < -0.3 is 10.6 Å². The Hall–Kier alpha value is -1.57. The number of rotatable bonds is 12. The molecule has 2 N–H and O–H groups in total. The van der Waals surface area contributed by atoms with Gasteiger partial charge in [0.05, 0.1) is 5.25 Å². The van der Waals surface area contributed by atoms with Gasteiger partial charge in [-0.3, -0.25) is 24.1 Å². The number of hydrogen-bond acceptors (Lipinski definition) is 5. The van der Waals surface area contributed by atoms with E-state index in [0.29, 0.717) is 37.5 Å². The molecule has 0 aliphatic carbocycles. The van der Waals surface area contributed by atoms with Crippen LogP contribution in [0.2, 0.25) is 0 Å². The van der Waals surface area contributed by atoms with Crippen LogP contribution in [0.1, 0.15) is 73.1 Å². The average molecular weight is 414 g/mol. The van der Waals surface area contributed by atoms with E-state index in [2.05, 4.69) is 24.5 Å². The molecule has 8 heteroatoms. The molecule has 0 aromatic rings. The highest BCUT2D eigenvalue weighted by atomic mass is 32.2. The summed E-state index contributed by atoms with van der Waals surface area (Å²) in [5.74, 6) is -0.518.